The highest BCUT2D eigenvalue weighted by Gasteiger charge is 2.22. The Morgan fingerprint density at radius 1 is 1.59 bits per heavy atom. The first kappa shape index (κ1) is 13.6. The lowest BCUT2D eigenvalue weighted by atomic mass is 10.2. The predicted molar refractivity (Wildman–Crippen MR) is 64.8 cm³/mol. The maximum atomic E-state index is 11.9. The quantitative estimate of drug-likeness (QED) is 0.753. The molecule has 1 rings (SSSR count). The van der Waals surface area contributed by atoms with Crippen LogP contribution in [-0.2, 0) is 16.1 Å². The zero-order valence-electron chi connectivity index (χ0n) is 9.50. The van der Waals surface area contributed by atoms with Gasteiger partial charge in [-0.1, -0.05) is 6.92 Å². The van der Waals surface area contributed by atoms with Gasteiger partial charge in [-0.25, -0.2) is 0 Å². The van der Waals surface area contributed by atoms with Gasteiger partial charge >= 0.3 is 5.97 Å². The SMILES string of the molecule is C[C@H](CS)C(=O)N(CC(=O)O)Cc1ccco1. The Morgan fingerprint density at radius 3 is 2.76 bits per heavy atom. The number of carbonyl (C=O) groups is 2. The summed E-state index contributed by atoms with van der Waals surface area (Å²) in [5, 5.41) is 8.77. The number of carboxylic acids is 1. The summed E-state index contributed by atoms with van der Waals surface area (Å²) in [6, 6.07) is 3.40. The molecule has 1 N–H and O–H groups in total. The van der Waals surface area contributed by atoms with Crippen LogP contribution in [0.5, 0.6) is 0 Å². The van der Waals surface area contributed by atoms with Gasteiger partial charge < -0.3 is 14.4 Å². The summed E-state index contributed by atoms with van der Waals surface area (Å²) in [6.07, 6.45) is 1.49. The van der Waals surface area contributed by atoms with Gasteiger partial charge in [0.1, 0.15) is 12.3 Å². The van der Waals surface area contributed by atoms with Crippen molar-refractivity contribution < 1.29 is 19.1 Å². The van der Waals surface area contributed by atoms with Crippen LogP contribution >= 0.6 is 12.6 Å². The Bertz CT molecular complexity index is 377. The lowest BCUT2D eigenvalue weighted by Gasteiger charge is -2.22. The number of hydrogen-bond acceptors (Lipinski definition) is 4. The summed E-state index contributed by atoms with van der Waals surface area (Å²) >= 11 is 4.04. The molecule has 1 aromatic rings. The molecule has 0 saturated carbocycles. The number of thiol groups is 1. The minimum absolute atomic E-state index is 0.163. The Kier molecular flexibility index (Phi) is 5.09. The fourth-order valence-corrected chi connectivity index (χ4v) is 1.51. The van der Waals surface area contributed by atoms with Crippen molar-refractivity contribution in [1.29, 1.82) is 0 Å². The van der Waals surface area contributed by atoms with Gasteiger partial charge in [0.2, 0.25) is 5.91 Å². The monoisotopic (exact) mass is 257 g/mol. The van der Waals surface area contributed by atoms with E-state index >= 15 is 0 Å². The number of amides is 1. The van der Waals surface area contributed by atoms with E-state index in [0.717, 1.165) is 0 Å². The van der Waals surface area contributed by atoms with Crippen LogP contribution in [0.3, 0.4) is 0 Å². The molecular weight excluding hydrogens is 242 g/mol. The third-order valence-corrected chi connectivity index (χ3v) is 2.81. The summed E-state index contributed by atoms with van der Waals surface area (Å²) in [5.74, 6) is -0.652. The van der Waals surface area contributed by atoms with E-state index in [0.29, 0.717) is 11.5 Å². The standard InChI is InChI=1S/C11H15NO4S/c1-8(7-17)11(15)12(6-10(13)14)5-9-3-2-4-16-9/h2-4,8,17H,5-7H2,1H3,(H,13,14)/t8-/m1/s1. The van der Waals surface area contributed by atoms with Crippen LogP contribution in [0.1, 0.15) is 12.7 Å². The van der Waals surface area contributed by atoms with Crippen LogP contribution in [0.2, 0.25) is 0 Å². The topological polar surface area (TPSA) is 70.8 Å². The van der Waals surface area contributed by atoms with Crippen molar-refractivity contribution in [3.05, 3.63) is 24.2 Å². The first-order valence-electron chi connectivity index (χ1n) is 5.18. The molecule has 5 nitrogen and oxygen atoms in total. The largest absolute Gasteiger partial charge is 0.480 e. The molecule has 0 spiro atoms. The smallest absolute Gasteiger partial charge is 0.323 e. The van der Waals surface area contributed by atoms with Crippen molar-refractivity contribution in [2.24, 2.45) is 5.92 Å². The van der Waals surface area contributed by atoms with Crippen molar-refractivity contribution in [3.63, 3.8) is 0 Å². The number of rotatable bonds is 6. The van der Waals surface area contributed by atoms with E-state index in [4.69, 9.17) is 9.52 Å². The second kappa shape index (κ2) is 6.34. The summed E-state index contributed by atoms with van der Waals surface area (Å²) in [7, 11) is 0. The van der Waals surface area contributed by atoms with Gasteiger partial charge in [-0.05, 0) is 12.1 Å². The van der Waals surface area contributed by atoms with E-state index in [9.17, 15) is 9.59 Å². The average molecular weight is 257 g/mol. The first-order chi connectivity index (χ1) is 8.04. The number of aliphatic carboxylic acids is 1. The Labute approximate surface area is 105 Å². The molecule has 1 heterocycles. The summed E-state index contributed by atoms with van der Waals surface area (Å²) in [5.41, 5.74) is 0. The molecule has 0 bridgehead atoms. The molecule has 6 heteroatoms. The van der Waals surface area contributed by atoms with Gasteiger partial charge in [-0.15, -0.1) is 0 Å². The fourth-order valence-electron chi connectivity index (χ4n) is 1.36. The zero-order valence-corrected chi connectivity index (χ0v) is 10.4. The molecule has 1 aromatic heterocycles. The summed E-state index contributed by atoms with van der Waals surface area (Å²) in [4.78, 5) is 23.9. The number of carbonyl (C=O) groups excluding carboxylic acids is 1. The maximum Gasteiger partial charge on any atom is 0.323 e. The Hall–Kier alpha value is -1.43. The van der Waals surface area contributed by atoms with Gasteiger partial charge in [-0.3, -0.25) is 9.59 Å². The maximum absolute atomic E-state index is 11.9. The van der Waals surface area contributed by atoms with Crippen LogP contribution in [-0.4, -0.2) is 34.2 Å². The highest BCUT2D eigenvalue weighted by Crippen LogP contribution is 2.10. The van der Waals surface area contributed by atoms with Gasteiger partial charge in [0, 0.05) is 11.7 Å². The second-order valence-corrected chi connectivity index (χ2v) is 4.12. The lowest BCUT2D eigenvalue weighted by Crippen LogP contribution is -2.38. The minimum atomic E-state index is -1.05. The predicted octanol–water partition coefficient (Wildman–Crippen LogP) is 1.26. The molecule has 0 aliphatic carbocycles. The third kappa shape index (κ3) is 4.14. The molecular formula is C11H15NO4S. The van der Waals surface area contributed by atoms with Crippen molar-refractivity contribution in [1.82, 2.24) is 4.90 Å². The normalized spacial score (nSPS) is 12.1. The van der Waals surface area contributed by atoms with Crippen molar-refractivity contribution in [2.45, 2.75) is 13.5 Å². The number of hydrogen-bond donors (Lipinski definition) is 2. The molecule has 0 unspecified atom stereocenters. The lowest BCUT2D eigenvalue weighted by molar-refractivity contribution is -0.146. The van der Waals surface area contributed by atoms with Gasteiger partial charge in [0.05, 0.1) is 12.8 Å². The number of carboxylic acid groups (broad SMARTS) is 1. The van der Waals surface area contributed by atoms with Crippen LogP contribution < -0.4 is 0 Å². The Morgan fingerprint density at radius 2 is 2.29 bits per heavy atom. The molecule has 0 saturated heterocycles. The molecule has 0 aliphatic heterocycles. The first-order valence-corrected chi connectivity index (χ1v) is 5.81. The highest BCUT2D eigenvalue weighted by atomic mass is 32.1. The molecule has 0 aromatic carbocycles. The van der Waals surface area contributed by atoms with Gasteiger partial charge in [0.15, 0.2) is 0 Å². The molecule has 1 atom stereocenters. The van der Waals surface area contributed by atoms with E-state index in [1.807, 2.05) is 0 Å². The van der Waals surface area contributed by atoms with Crippen molar-refractivity contribution in [2.75, 3.05) is 12.3 Å². The summed E-state index contributed by atoms with van der Waals surface area (Å²) < 4.78 is 5.10. The summed E-state index contributed by atoms with van der Waals surface area (Å²) in [6.45, 7) is 1.54. The minimum Gasteiger partial charge on any atom is -0.480 e. The second-order valence-electron chi connectivity index (χ2n) is 3.75. The highest BCUT2D eigenvalue weighted by molar-refractivity contribution is 7.80. The van der Waals surface area contributed by atoms with E-state index in [1.54, 1.807) is 19.1 Å². The molecule has 17 heavy (non-hydrogen) atoms. The molecule has 0 aliphatic rings. The van der Waals surface area contributed by atoms with E-state index < -0.39 is 5.97 Å². The zero-order chi connectivity index (χ0) is 12.8. The molecule has 0 radical (unpaired) electrons. The van der Waals surface area contributed by atoms with Crippen LogP contribution in [0.4, 0.5) is 0 Å². The van der Waals surface area contributed by atoms with Crippen LogP contribution in [0.15, 0.2) is 22.8 Å². The van der Waals surface area contributed by atoms with Crippen molar-refractivity contribution >= 4 is 24.5 Å². The van der Waals surface area contributed by atoms with Gasteiger partial charge in [0.25, 0.3) is 0 Å². The van der Waals surface area contributed by atoms with E-state index in [-0.39, 0.29) is 24.9 Å². The third-order valence-electron chi connectivity index (χ3n) is 2.26. The van der Waals surface area contributed by atoms with Crippen LogP contribution in [0, 0.1) is 5.92 Å². The molecule has 1 amide bonds. The van der Waals surface area contributed by atoms with E-state index in [1.165, 1.54) is 11.2 Å². The number of nitrogens with zero attached hydrogens (tertiary/aromatic N) is 1. The average Bonchev–Trinajstić information content (AvgIpc) is 2.78. The van der Waals surface area contributed by atoms with E-state index in [2.05, 4.69) is 12.6 Å². The van der Waals surface area contributed by atoms with Crippen LogP contribution in [0.25, 0.3) is 0 Å². The Balaban J connectivity index is 2.73. The fraction of sp³-hybridized carbons (Fsp3) is 0.455. The molecule has 94 valence electrons. The van der Waals surface area contributed by atoms with Gasteiger partial charge in [-0.2, -0.15) is 12.6 Å². The number of furan rings is 1. The molecule has 0 fully saturated rings. The van der Waals surface area contributed by atoms with Crippen molar-refractivity contribution in [3.8, 4) is 0 Å².